The highest BCUT2D eigenvalue weighted by atomic mass is 14.0. The van der Waals surface area contributed by atoms with Gasteiger partial charge in [-0.05, 0) is 34.1 Å². The first-order chi connectivity index (χ1) is 9.56. The summed E-state index contributed by atoms with van der Waals surface area (Å²) in [7, 11) is 0. The van der Waals surface area contributed by atoms with Gasteiger partial charge in [0, 0.05) is 0 Å². The summed E-state index contributed by atoms with van der Waals surface area (Å²) < 4.78 is 0. The van der Waals surface area contributed by atoms with E-state index in [2.05, 4.69) is 88.4 Å². The summed E-state index contributed by atoms with van der Waals surface area (Å²) in [6.07, 6.45) is 4.35. The minimum absolute atomic E-state index is 0.594. The van der Waals surface area contributed by atoms with Crippen LogP contribution in [0, 0.1) is 0 Å². The van der Waals surface area contributed by atoms with Gasteiger partial charge < -0.3 is 0 Å². The Hall–Kier alpha value is -1.82. The second kappa shape index (κ2) is 6.56. The summed E-state index contributed by atoms with van der Waals surface area (Å²) in [5.41, 5.74) is 5.29. The zero-order valence-electron chi connectivity index (χ0n) is 12.9. The van der Waals surface area contributed by atoms with Crippen LogP contribution in [0.15, 0.2) is 48.5 Å². The summed E-state index contributed by atoms with van der Waals surface area (Å²) in [4.78, 5) is 0. The molecular formula is C20H24. The maximum Gasteiger partial charge on any atom is -0.0219 e. The van der Waals surface area contributed by atoms with Gasteiger partial charge in [0.1, 0.15) is 0 Å². The molecule has 0 unspecified atom stereocenters. The second-order valence-corrected chi connectivity index (χ2v) is 5.98. The molecule has 0 bridgehead atoms. The van der Waals surface area contributed by atoms with Crippen molar-refractivity contribution in [2.75, 3.05) is 0 Å². The van der Waals surface area contributed by atoms with Crippen molar-refractivity contribution in [2.45, 2.75) is 39.5 Å². The van der Waals surface area contributed by atoms with Gasteiger partial charge in [-0.1, -0.05) is 88.4 Å². The molecule has 0 aliphatic rings. The molecule has 0 saturated carbocycles. The van der Waals surface area contributed by atoms with Crippen LogP contribution in [0.25, 0.3) is 12.2 Å². The van der Waals surface area contributed by atoms with Crippen LogP contribution < -0.4 is 0 Å². The molecule has 0 heterocycles. The molecule has 0 saturated heterocycles. The maximum absolute atomic E-state index is 2.22. The lowest BCUT2D eigenvalue weighted by Crippen LogP contribution is -1.86. The Morgan fingerprint density at radius 3 is 1.10 bits per heavy atom. The quantitative estimate of drug-likeness (QED) is 0.585. The van der Waals surface area contributed by atoms with E-state index in [0.29, 0.717) is 11.8 Å². The highest BCUT2D eigenvalue weighted by Gasteiger charge is 1.98. The third kappa shape index (κ3) is 3.84. The summed E-state index contributed by atoms with van der Waals surface area (Å²) in [5, 5.41) is 0. The van der Waals surface area contributed by atoms with Gasteiger partial charge in [-0.3, -0.25) is 0 Å². The van der Waals surface area contributed by atoms with Gasteiger partial charge in [0.05, 0.1) is 0 Å². The largest absolute Gasteiger partial charge is 0.0587 e. The predicted octanol–water partition coefficient (Wildman–Crippen LogP) is 6.10. The first-order valence-electron chi connectivity index (χ1n) is 7.44. The molecule has 0 nitrogen and oxygen atoms in total. The molecule has 0 spiro atoms. The van der Waals surface area contributed by atoms with Crippen molar-refractivity contribution in [2.24, 2.45) is 0 Å². The lowest BCUT2D eigenvalue weighted by atomic mass is 10.0. The molecule has 2 aromatic rings. The molecule has 0 amide bonds. The van der Waals surface area contributed by atoms with E-state index in [0.717, 1.165) is 0 Å². The Bertz CT molecular complexity index is 500. The number of hydrogen-bond donors (Lipinski definition) is 0. The third-order valence-electron chi connectivity index (χ3n) is 3.67. The Kier molecular flexibility index (Phi) is 4.79. The van der Waals surface area contributed by atoms with Crippen LogP contribution in [-0.4, -0.2) is 0 Å². The third-order valence-corrected chi connectivity index (χ3v) is 3.67. The van der Waals surface area contributed by atoms with Crippen LogP contribution in [0.3, 0.4) is 0 Å². The molecule has 0 heteroatoms. The molecule has 2 rings (SSSR count). The smallest absolute Gasteiger partial charge is 0.0219 e. The van der Waals surface area contributed by atoms with Crippen molar-refractivity contribution < 1.29 is 0 Å². The van der Waals surface area contributed by atoms with Crippen molar-refractivity contribution in [1.29, 1.82) is 0 Å². The van der Waals surface area contributed by atoms with E-state index in [9.17, 15) is 0 Å². The fourth-order valence-electron chi connectivity index (χ4n) is 2.18. The van der Waals surface area contributed by atoms with Gasteiger partial charge in [-0.15, -0.1) is 0 Å². The van der Waals surface area contributed by atoms with E-state index < -0.39 is 0 Å². The number of benzene rings is 2. The Morgan fingerprint density at radius 2 is 0.850 bits per heavy atom. The van der Waals surface area contributed by atoms with Crippen molar-refractivity contribution >= 4 is 12.2 Å². The van der Waals surface area contributed by atoms with Crippen molar-refractivity contribution in [3.05, 3.63) is 70.8 Å². The Morgan fingerprint density at radius 1 is 0.550 bits per heavy atom. The average molecular weight is 264 g/mol. The molecular weight excluding hydrogens is 240 g/mol. The maximum atomic E-state index is 2.22. The molecule has 0 radical (unpaired) electrons. The average Bonchev–Trinajstić information content (AvgIpc) is 2.46. The fraction of sp³-hybridized carbons (Fsp3) is 0.300. The first kappa shape index (κ1) is 14.6. The van der Waals surface area contributed by atoms with Crippen molar-refractivity contribution in [1.82, 2.24) is 0 Å². The first-order valence-corrected chi connectivity index (χ1v) is 7.44. The van der Waals surface area contributed by atoms with Gasteiger partial charge >= 0.3 is 0 Å². The Balaban J connectivity index is 2.08. The van der Waals surface area contributed by atoms with E-state index in [1.165, 1.54) is 22.3 Å². The summed E-state index contributed by atoms with van der Waals surface area (Å²) in [6.45, 7) is 8.89. The molecule has 0 aromatic heterocycles. The number of rotatable bonds is 4. The number of hydrogen-bond acceptors (Lipinski definition) is 0. The monoisotopic (exact) mass is 264 g/mol. The van der Waals surface area contributed by atoms with Crippen LogP contribution >= 0.6 is 0 Å². The highest BCUT2D eigenvalue weighted by molar-refractivity contribution is 5.69. The summed E-state index contributed by atoms with van der Waals surface area (Å²) in [5.74, 6) is 1.19. The van der Waals surface area contributed by atoms with Crippen LogP contribution in [0.4, 0.5) is 0 Å². The van der Waals surface area contributed by atoms with E-state index >= 15 is 0 Å². The molecule has 0 N–H and O–H groups in total. The fourth-order valence-corrected chi connectivity index (χ4v) is 2.18. The molecule has 0 aliphatic carbocycles. The predicted molar refractivity (Wildman–Crippen MR) is 90.0 cm³/mol. The van der Waals surface area contributed by atoms with Gasteiger partial charge in [0.2, 0.25) is 0 Å². The van der Waals surface area contributed by atoms with Crippen LogP contribution in [0.5, 0.6) is 0 Å². The molecule has 20 heavy (non-hydrogen) atoms. The van der Waals surface area contributed by atoms with Gasteiger partial charge in [-0.25, -0.2) is 0 Å². The van der Waals surface area contributed by atoms with Gasteiger partial charge in [0.15, 0.2) is 0 Å². The highest BCUT2D eigenvalue weighted by Crippen LogP contribution is 2.18. The molecule has 0 aliphatic heterocycles. The SMILES string of the molecule is CC(C)c1ccc(/C=C/c2ccc(C(C)C)cc2)cc1. The minimum Gasteiger partial charge on any atom is -0.0587 e. The van der Waals surface area contributed by atoms with E-state index in [-0.39, 0.29) is 0 Å². The lowest BCUT2D eigenvalue weighted by Gasteiger charge is -2.05. The molecule has 2 aromatic carbocycles. The molecule has 0 atom stereocenters. The molecule has 104 valence electrons. The minimum atomic E-state index is 0.594. The Labute approximate surface area is 123 Å². The van der Waals surface area contributed by atoms with Gasteiger partial charge in [0.25, 0.3) is 0 Å². The second-order valence-electron chi connectivity index (χ2n) is 5.98. The van der Waals surface area contributed by atoms with E-state index in [1.54, 1.807) is 0 Å². The molecule has 0 fully saturated rings. The van der Waals surface area contributed by atoms with Gasteiger partial charge in [-0.2, -0.15) is 0 Å². The van der Waals surface area contributed by atoms with E-state index in [4.69, 9.17) is 0 Å². The summed E-state index contributed by atoms with van der Waals surface area (Å²) >= 11 is 0. The van der Waals surface area contributed by atoms with E-state index in [1.807, 2.05) is 0 Å². The van der Waals surface area contributed by atoms with Crippen LogP contribution in [0.2, 0.25) is 0 Å². The zero-order chi connectivity index (χ0) is 14.5. The summed E-state index contributed by atoms with van der Waals surface area (Å²) in [6, 6.07) is 17.6. The van der Waals surface area contributed by atoms with Crippen LogP contribution in [0.1, 0.15) is 61.8 Å². The standard InChI is InChI=1S/C20H24/c1-15(2)19-11-7-17(8-12-19)5-6-18-9-13-20(14-10-18)16(3)4/h5-16H,1-4H3/b6-5+. The van der Waals surface area contributed by atoms with Crippen molar-refractivity contribution in [3.8, 4) is 0 Å². The normalized spacial score (nSPS) is 11.7. The lowest BCUT2D eigenvalue weighted by molar-refractivity contribution is 0.866. The van der Waals surface area contributed by atoms with Crippen LogP contribution in [-0.2, 0) is 0 Å². The topological polar surface area (TPSA) is 0 Å². The van der Waals surface area contributed by atoms with Crippen molar-refractivity contribution in [3.63, 3.8) is 0 Å². The zero-order valence-corrected chi connectivity index (χ0v) is 12.9.